The van der Waals surface area contributed by atoms with E-state index in [9.17, 15) is 4.39 Å². The summed E-state index contributed by atoms with van der Waals surface area (Å²) >= 11 is 0. The van der Waals surface area contributed by atoms with Crippen LogP contribution in [0.1, 0.15) is 18.4 Å². The summed E-state index contributed by atoms with van der Waals surface area (Å²) in [6, 6.07) is 6.64. The van der Waals surface area contributed by atoms with Crippen LogP contribution in [0.25, 0.3) is 0 Å². The molecule has 2 rings (SSSR count). The molecule has 1 aromatic carbocycles. The molecule has 0 bridgehead atoms. The molecule has 94 valence electrons. The Hall–Kier alpha value is -0.930. The summed E-state index contributed by atoms with van der Waals surface area (Å²) in [5.74, 6) is 0.486. The highest BCUT2D eigenvalue weighted by atomic mass is 19.1. The van der Waals surface area contributed by atoms with Crippen LogP contribution in [0.5, 0.6) is 0 Å². The Balaban J connectivity index is 1.60. The maximum atomic E-state index is 12.7. The lowest BCUT2D eigenvalue weighted by Crippen LogP contribution is -2.32. The van der Waals surface area contributed by atoms with Crippen molar-refractivity contribution in [2.75, 3.05) is 26.3 Å². The molecule has 1 aliphatic rings. The maximum Gasteiger partial charge on any atom is 0.123 e. The molecule has 2 nitrogen and oxygen atoms in total. The Morgan fingerprint density at radius 1 is 1.29 bits per heavy atom. The highest BCUT2D eigenvalue weighted by Crippen LogP contribution is 2.10. The molecular weight excluding hydrogens is 217 g/mol. The van der Waals surface area contributed by atoms with Crippen LogP contribution in [0.3, 0.4) is 0 Å². The largest absolute Gasteiger partial charge is 0.381 e. The predicted molar refractivity (Wildman–Crippen MR) is 66.5 cm³/mol. The molecule has 1 aliphatic heterocycles. The van der Waals surface area contributed by atoms with Gasteiger partial charge in [-0.05, 0) is 49.4 Å². The zero-order valence-corrected chi connectivity index (χ0v) is 10.1. The topological polar surface area (TPSA) is 21.3 Å². The molecule has 1 aromatic rings. The number of benzene rings is 1. The Morgan fingerprint density at radius 3 is 2.82 bits per heavy atom. The summed E-state index contributed by atoms with van der Waals surface area (Å²) in [4.78, 5) is 0. The number of hydrogen-bond acceptors (Lipinski definition) is 2. The second-order valence-electron chi connectivity index (χ2n) is 4.66. The first-order valence-corrected chi connectivity index (χ1v) is 6.37. The zero-order chi connectivity index (χ0) is 11.9. The number of halogens is 1. The van der Waals surface area contributed by atoms with Gasteiger partial charge in [0.15, 0.2) is 0 Å². The van der Waals surface area contributed by atoms with Crippen LogP contribution < -0.4 is 5.32 Å². The molecule has 0 aromatic heterocycles. The molecule has 1 atom stereocenters. The monoisotopic (exact) mass is 237 g/mol. The first-order valence-electron chi connectivity index (χ1n) is 6.37. The van der Waals surface area contributed by atoms with Crippen molar-refractivity contribution in [2.45, 2.75) is 19.3 Å². The molecule has 1 fully saturated rings. The summed E-state index contributed by atoms with van der Waals surface area (Å²) in [6.07, 6.45) is 3.38. The Labute approximate surface area is 102 Å². The van der Waals surface area contributed by atoms with Crippen LogP contribution in [-0.2, 0) is 11.2 Å². The number of ether oxygens (including phenoxy) is 1. The Morgan fingerprint density at radius 2 is 2.12 bits per heavy atom. The minimum Gasteiger partial charge on any atom is -0.381 e. The molecule has 1 heterocycles. The van der Waals surface area contributed by atoms with Crippen LogP contribution in [-0.4, -0.2) is 26.3 Å². The van der Waals surface area contributed by atoms with Gasteiger partial charge in [-0.25, -0.2) is 4.39 Å². The normalized spacial score (nSPS) is 20.4. The van der Waals surface area contributed by atoms with Crippen molar-refractivity contribution in [1.29, 1.82) is 0 Å². The SMILES string of the molecule is Fc1ccc(CCOC[C@H]2CCCNC2)cc1. The fourth-order valence-electron chi connectivity index (χ4n) is 2.16. The molecule has 0 unspecified atom stereocenters. The first-order chi connectivity index (χ1) is 8.34. The number of rotatable bonds is 5. The van der Waals surface area contributed by atoms with Gasteiger partial charge in [0.1, 0.15) is 5.82 Å². The highest BCUT2D eigenvalue weighted by molar-refractivity contribution is 5.15. The number of piperidine rings is 1. The van der Waals surface area contributed by atoms with E-state index in [2.05, 4.69) is 5.32 Å². The van der Waals surface area contributed by atoms with Crippen LogP contribution >= 0.6 is 0 Å². The van der Waals surface area contributed by atoms with Gasteiger partial charge in [0.25, 0.3) is 0 Å². The van der Waals surface area contributed by atoms with Gasteiger partial charge in [0.05, 0.1) is 13.2 Å². The van der Waals surface area contributed by atoms with Gasteiger partial charge >= 0.3 is 0 Å². The van der Waals surface area contributed by atoms with E-state index in [0.29, 0.717) is 5.92 Å². The van der Waals surface area contributed by atoms with Crippen LogP contribution in [0.4, 0.5) is 4.39 Å². The van der Waals surface area contributed by atoms with Crippen molar-refractivity contribution in [3.8, 4) is 0 Å². The minimum atomic E-state index is -0.178. The van der Waals surface area contributed by atoms with Crippen molar-refractivity contribution in [3.05, 3.63) is 35.6 Å². The Bertz CT molecular complexity index is 319. The molecule has 0 saturated carbocycles. The lowest BCUT2D eigenvalue weighted by atomic mass is 10.0. The summed E-state index contributed by atoms with van der Waals surface area (Å²) < 4.78 is 18.4. The van der Waals surface area contributed by atoms with Crippen molar-refractivity contribution in [1.82, 2.24) is 5.32 Å². The van der Waals surface area contributed by atoms with Gasteiger partial charge in [-0.2, -0.15) is 0 Å². The summed E-state index contributed by atoms with van der Waals surface area (Å²) in [5.41, 5.74) is 1.13. The number of nitrogens with one attached hydrogen (secondary N) is 1. The molecule has 0 amide bonds. The van der Waals surface area contributed by atoms with Crippen molar-refractivity contribution < 1.29 is 9.13 Å². The summed E-state index contributed by atoms with van der Waals surface area (Å²) in [7, 11) is 0. The third-order valence-corrected chi connectivity index (χ3v) is 3.20. The van der Waals surface area contributed by atoms with E-state index in [4.69, 9.17) is 4.74 Å². The molecular formula is C14H20FNO. The lowest BCUT2D eigenvalue weighted by Gasteiger charge is -2.22. The fraction of sp³-hybridized carbons (Fsp3) is 0.571. The van der Waals surface area contributed by atoms with E-state index in [1.165, 1.54) is 25.0 Å². The maximum absolute atomic E-state index is 12.7. The Kier molecular flexibility index (Phi) is 4.95. The third kappa shape index (κ3) is 4.44. The third-order valence-electron chi connectivity index (χ3n) is 3.20. The van der Waals surface area contributed by atoms with Gasteiger partial charge in [-0.3, -0.25) is 0 Å². The smallest absolute Gasteiger partial charge is 0.123 e. The van der Waals surface area contributed by atoms with E-state index in [1.807, 2.05) is 12.1 Å². The molecule has 17 heavy (non-hydrogen) atoms. The standard InChI is InChI=1S/C14H20FNO/c15-14-5-3-12(4-6-14)7-9-17-11-13-2-1-8-16-10-13/h3-6,13,16H,1-2,7-11H2/t13-/m0/s1. The van der Waals surface area contributed by atoms with Gasteiger partial charge in [0.2, 0.25) is 0 Å². The molecule has 1 N–H and O–H groups in total. The van der Waals surface area contributed by atoms with Crippen LogP contribution in [0, 0.1) is 11.7 Å². The second kappa shape index (κ2) is 6.72. The van der Waals surface area contributed by atoms with E-state index in [-0.39, 0.29) is 5.82 Å². The molecule has 0 spiro atoms. The second-order valence-corrected chi connectivity index (χ2v) is 4.66. The minimum absolute atomic E-state index is 0.178. The fourth-order valence-corrected chi connectivity index (χ4v) is 2.16. The van der Waals surface area contributed by atoms with E-state index >= 15 is 0 Å². The average Bonchev–Trinajstić information content (AvgIpc) is 2.38. The van der Waals surface area contributed by atoms with E-state index in [0.717, 1.165) is 38.3 Å². The lowest BCUT2D eigenvalue weighted by molar-refractivity contribution is 0.0921. The van der Waals surface area contributed by atoms with Crippen LogP contribution in [0.15, 0.2) is 24.3 Å². The van der Waals surface area contributed by atoms with Gasteiger partial charge < -0.3 is 10.1 Å². The van der Waals surface area contributed by atoms with E-state index < -0.39 is 0 Å². The predicted octanol–water partition coefficient (Wildman–Crippen LogP) is 2.38. The number of hydrogen-bond donors (Lipinski definition) is 1. The van der Waals surface area contributed by atoms with Gasteiger partial charge in [-0.15, -0.1) is 0 Å². The summed E-state index contributed by atoms with van der Waals surface area (Å²) in [5, 5.41) is 3.38. The van der Waals surface area contributed by atoms with Gasteiger partial charge in [-0.1, -0.05) is 12.1 Å². The van der Waals surface area contributed by atoms with Crippen molar-refractivity contribution >= 4 is 0 Å². The van der Waals surface area contributed by atoms with Crippen molar-refractivity contribution in [3.63, 3.8) is 0 Å². The zero-order valence-electron chi connectivity index (χ0n) is 10.1. The first kappa shape index (κ1) is 12.5. The quantitative estimate of drug-likeness (QED) is 0.794. The molecule has 1 saturated heterocycles. The summed E-state index contributed by atoms with van der Waals surface area (Å²) in [6.45, 7) is 3.79. The molecule has 3 heteroatoms. The van der Waals surface area contributed by atoms with E-state index in [1.54, 1.807) is 0 Å². The van der Waals surface area contributed by atoms with Crippen LogP contribution in [0.2, 0.25) is 0 Å². The highest BCUT2D eigenvalue weighted by Gasteiger charge is 2.12. The molecule has 0 aliphatic carbocycles. The van der Waals surface area contributed by atoms with Gasteiger partial charge in [0, 0.05) is 6.54 Å². The average molecular weight is 237 g/mol. The van der Waals surface area contributed by atoms with Crippen molar-refractivity contribution in [2.24, 2.45) is 5.92 Å². The molecule has 0 radical (unpaired) electrons.